The van der Waals surface area contributed by atoms with E-state index in [1.165, 1.54) is 19.3 Å². The van der Waals surface area contributed by atoms with Crippen LogP contribution >= 0.6 is 0 Å². The zero-order valence-electron chi connectivity index (χ0n) is 6.81. The number of hydrogen-bond donors (Lipinski definition) is 0. The van der Waals surface area contributed by atoms with Crippen molar-refractivity contribution in [2.24, 2.45) is 11.8 Å². The molecule has 2 aliphatic rings. The lowest BCUT2D eigenvalue weighted by molar-refractivity contribution is 0.384. The van der Waals surface area contributed by atoms with Gasteiger partial charge in [-0.15, -0.1) is 0 Å². The summed E-state index contributed by atoms with van der Waals surface area (Å²) in [6.45, 7) is 0. The molecule has 0 saturated heterocycles. The Labute approximate surface area is 64.0 Å². The van der Waals surface area contributed by atoms with Crippen molar-refractivity contribution in [3.05, 3.63) is 0 Å². The van der Waals surface area contributed by atoms with Crippen LogP contribution in [0.25, 0.3) is 0 Å². The summed E-state index contributed by atoms with van der Waals surface area (Å²) in [4.78, 5) is 0. The number of rotatable bonds is 0. The lowest BCUT2D eigenvalue weighted by Crippen LogP contribution is -2.00. The van der Waals surface area contributed by atoms with Gasteiger partial charge in [0.2, 0.25) is 0 Å². The molecule has 0 aliphatic heterocycles. The molecule has 2 atom stereocenters. The fraction of sp³-hybridized carbons (Fsp3) is 1.00. The van der Waals surface area contributed by atoms with E-state index in [1.54, 1.807) is 32.1 Å². The van der Waals surface area contributed by atoms with E-state index in [-0.39, 0.29) is 0 Å². The van der Waals surface area contributed by atoms with Gasteiger partial charge in [-0.05, 0) is 18.3 Å². The maximum absolute atomic E-state index is 1.58. The third-order valence-corrected chi connectivity index (χ3v) is 3.37. The van der Waals surface area contributed by atoms with E-state index in [0.717, 1.165) is 11.8 Å². The van der Waals surface area contributed by atoms with E-state index in [4.69, 9.17) is 0 Å². The van der Waals surface area contributed by atoms with Crippen LogP contribution in [0.4, 0.5) is 0 Å². The predicted molar refractivity (Wildman–Crippen MR) is 43.9 cm³/mol. The highest BCUT2D eigenvalue weighted by Gasteiger charge is 2.25. The molecule has 0 nitrogen and oxygen atoms in total. The van der Waals surface area contributed by atoms with Gasteiger partial charge in [0.15, 0.2) is 0 Å². The van der Waals surface area contributed by atoms with Crippen LogP contribution in [-0.2, 0) is 0 Å². The molecule has 0 spiro atoms. The molecule has 2 aliphatic carbocycles. The van der Waals surface area contributed by atoms with Crippen molar-refractivity contribution in [1.29, 1.82) is 0 Å². The molecule has 0 amide bonds. The summed E-state index contributed by atoms with van der Waals surface area (Å²) < 4.78 is 0. The second kappa shape index (κ2) is 2.94. The molecule has 58 valence electrons. The Kier molecular flexibility index (Phi) is 1.97. The highest BCUT2D eigenvalue weighted by Crippen LogP contribution is 2.38. The Morgan fingerprint density at radius 1 is 0.600 bits per heavy atom. The minimum atomic E-state index is 1.14. The smallest absolute Gasteiger partial charge is 0.0412 e. The van der Waals surface area contributed by atoms with Gasteiger partial charge < -0.3 is 0 Å². The van der Waals surface area contributed by atoms with Gasteiger partial charge in [-0.2, -0.15) is 0 Å². The number of hydrogen-bond acceptors (Lipinski definition) is 0. The SMILES string of the molecule is C1CCC2CCC(CC1)C2. The molecular weight excluding hydrogens is 120 g/mol. The van der Waals surface area contributed by atoms with Crippen molar-refractivity contribution >= 4 is 0 Å². The molecule has 0 aromatic carbocycles. The first-order valence-electron chi connectivity index (χ1n) is 4.95. The quantitative estimate of drug-likeness (QED) is 0.481. The molecular formula is C10H18. The molecule has 2 unspecified atom stereocenters. The van der Waals surface area contributed by atoms with E-state index in [2.05, 4.69) is 0 Å². The fourth-order valence-corrected chi connectivity index (χ4v) is 2.75. The van der Waals surface area contributed by atoms with Crippen LogP contribution < -0.4 is 0 Å². The lowest BCUT2D eigenvalue weighted by Gasteiger charge is -2.14. The summed E-state index contributed by atoms with van der Waals surface area (Å²) in [5.41, 5.74) is 0. The van der Waals surface area contributed by atoms with Crippen LogP contribution in [0.1, 0.15) is 51.4 Å². The monoisotopic (exact) mass is 138 g/mol. The lowest BCUT2D eigenvalue weighted by atomic mass is 9.92. The third kappa shape index (κ3) is 1.36. The molecule has 0 radical (unpaired) electrons. The predicted octanol–water partition coefficient (Wildman–Crippen LogP) is 3.37. The molecule has 0 heteroatoms. The Hall–Kier alpha value is 0. The standard InChI is InChI=1S/C10H18/c1-2-4-9-6-7-10(8-9)5-3-1/h9-10H,1-8H2. The van der Waals surface area contributed by atoms with Gasteiger partial charge in [0.1, 0.15) is 0 Å². The first-order valence-corrected chi connectivity index (χ1v) is 4.95. The Morgan fingerprint density at radius 2 is 1.20 bits per heavy atom. The first-order chi connectivity index (χ1) is 4.95. The van der Waals surface area contributed by atoms with Crippen molar-refractivity contribution in [2.75, 3.05) is 0 Å². The van der Waals surface area contributed by atoms with Gasteiger partial charge in [0, 0.05) is 0 Å². The molecule has 2 fully saturated rings. The molecule has 0 aromatic heterocycles. The van der Waals surface area contributed by atoms with E-state index in [0.29, 0.717) is 0 Å². The van der Waals surface area contributed by atoms with E-state index >= 15 is 0 Å². The first kappa shape index (κ1) is 6.69. The van der Waals surface area contributed by atoms with Crippen LogP contribution in [0.15, 0.2) is 0 Å². The minimum Gasteiger partial charge on any atom is -0.0533 e. The van der Waals surface area contributed by atoms with Crippen molar-refractivity contribution in [2.45, 2.75) is 51.4 Å². The average molecular weight is 138 g/mol. The van der Waals surface area contributed by atoms with Crippen LogP contribution in [0.2, 0.25) is 0 Å². The molecule has 0 N–H and O–H groups in total. The number of fused-ring (bicyclic) bond motifs is 2. The summed E-state index contributed by atoms with van der Waals surface area (Å²) in [6, 6.07) is 0. The van der Waals surface area contributed by atoms with Gasteiger partial charge >= 0.3 is 0 Å². The van der Waals surface area contributed by atoms with E-state index in [1.807, 2.05) is 0 Å². The maximum atomic E-state index is 1.58. The van der Waals surface area contributed by atoms with Crippen LogP contribution in [0.5, 0.6) is 0 Å². The van der Waals surface area contributed by atoms with Crippen LogP contribution in [-0.4, -0.2) is 0 Å². The van der Waals surface area contributed by atoms with Gasteiger partial charge in [-0.25, -0.2) is 0 Å². The Bertz CT molecular complexity index is 94.6. The Morgan fingerprint density at radius 3 is 1.80 bits per heavy atom. The molecule has 2 saturated carbocycles. The summed E-state index contributed by atoms with van der Waals surface area (Å²) in [5.74, 6) is 2.29. The topological polar surface area (TPSA) is 0 Å². The van der Waals surface area contributed by atoms with E-state index < -0.39 is 0 Å². The Balaban J connectivity index is 1.91. The molecule has 2 bridgehead atoms. The van der Waals surface area contributed by atoms with Crippen LogP contribution in [0, 0.1) is 11.8 Å². The third-order valence-electron chi connectivity index (χ3n) is 3.37. The van der Waals surface area contributed by atoms with Crippen molar-refractivity contribution in [1.82, 2.24) is 0 Å². The molecule has 0 aromatic rings. The second-order valence-electron chi connectivity index (χ2n) is 4.18. The van der Waals surface area contributed by atoms with Crippen molar-refractivity contribution in [3.8, 4) is 0 Å². The molecule has 0 heterocycles. The molecule has 10 heavy (non-hydrogen) atoms. The summed E-state index contributed by atoms with van der Waals surface area (Å²) in [6.07, 6.45) is 12.4. The van der Waals surface area contributed by atoms with Crippen molar-refractivity contribution in [3.63, 3.8) is 0 Å². The fourth-order valence-electron chi connectivity index (χ4n) is 2.75. The normalized spacial score (nSPS) is 40.8. The average Bonchev–Trinajstić information content (AvgIpc) is 2.30. The maximum Gasteiger partial charge on any atom is -0.0412 e. The second-order valence-corrected chi connectivity index (χ2v) is 4.18. The van der Waals surface area contributed by atoms with Gasteiger partial charge in [0.05, 0.1) is 0 Å². The van der Waals surface area contributed by atoms with Gasteiger partial charge in [-0.1, -0.05) is 44.9 Å². The summed E-state index contributed by atoms with van der Waals surface area (Å²) in [7, 11) is 0. The highest BCUT2D eigenvalue weighted by atomic mass is 14.3. The molecule has 2 rings (SSSR count). The largest absolute Gasteiger partial charge is 0.0533 e. The summed E-state index contributed by atoms with van der Waals surface area (Å²) >= 11 is 0. The summed E-state index contributed by atoms with van der Waals surface area (Å²) in [5, 5.41) is 0. The zero-order valence-corrected chi connectivity index (χ0v) is 6.81. The van der Waals surface area contributed by atoms with Crippen molar-refractivity contribution < 1.29 is 0 Å². The highest BCUT2D eigenvalue weighted by molar-refractivity contribution is 4.77. The van der Waals surface area contributed by atoms with Gasteiger partial charge in [0.25, 0.3) is 0 Å². The van der Waals surface area contributed by atoms with Gasteiger partial charge in [-0.3, -0.25) is 0 Å². The minimum absolute atomic E-state index is 1.14. The van der Waals surface area contributed by atoms with E-state index in [9.17, 15) is 0 Å². The van der Waals surface area contributed by atoms with Crippen LogP contribution in [0.3, 0.4) is 0 Å². The zero-order chi connectivity index (χ0) is 6.81.